The Bertz CT molecular complexity index is 582. The number of aromatic hydroxyl groups is 1. The highest BCUT2D eigenvalue weighted by Gasteiger charge is 2.12. The van der Waals surface area contributed by atoms with Gasteiger partial charge in [-0.05, 0) is 18.2 Å². The molecule has 1 rings (SSSR count). The molecular formula is C13H20N2O4S. The lowest BCUT2D eigenvalue weighted by Gasteiger charge is -2.10. The van der Waals surface area contributed by atoms with E-state index in [1.807, 2.05) is 13.8 Å². The smallest absolute Gasteiger partial charge is 0.225 e. The fourth-order valence-electron chi connectivity index (χ4n) is 1.53. The van der Waals surface area contributed by atoms with Crippen LogP contribution in [0, 0.1) is 0 Å². The first kappa shape index (κ1) is 16.5. The lowest BCUT2D eigenvalue weighted by Crippen LogP contribution is -2.27. The van der Waals surface area contributed by atoms with E-state index < -0.39 is 9.84 Å². The zero-order chi connectivity index (χ0) is 15.3. The van der Waals surface area contributed by atoms with Gasteiger partial charge < -0.3 is 15.7 Å². The van der Waals surface area contributed by atoms with Gasteiger partial charge >= 0.3 is 0 Å². The number of sulfone groups is 1. The molecule has 0 saturated heterocycles. The van der Waals surface area contributed by atoms with Crippen molar-refractivity contribution in [2.45, 2.75) is 31.2 Å². The molecule has 0 heterocycles. The van der Waals surface area contributed by atoms with Gasteiger partial charge in [-0.3, -0.25) is 4.79 Å². The monoisotopic (exact) mass is 300 g/mol. The third-order valence-corrected chi connectivity index (χ3v) is 3.69. The van der Waals surface area contributed by atoms with Crippen molar-refractivity contribution in [3.63, 3.8) is 0 Å². The van der Waals surface area contributed by atoms with Gasteiger partial charge in [0.05, 0.1) is 10.6 Å². The molecule has 0 fully saturated rings. The summed E-state index contributed by atoms with van der Waals surface area (Å²) in [6, 6.07) is 4.07. The Morgan fingerprint density at radius 3 is 2.55 bits per heavy atom. The molecule has 3 N–H and O–H groups in total. The summed E-state index contributed by atoms with van der Waals surface area (Å²) < 4.78 is 22.8. The molecule has 20 heavy (non-hydrogen) atoms. The highest BCUT2D eigenvalue weighted by molar-refractivity contribution is 7.90. The van der Waals surface area contributed by atoms with Gasteiger partial charge in [0.2, 0.25) is 5.91 Å². The zero-order valence-electron chi connectivity index (χ0n) is 11.8. The van der Waals surface area contributed by atoms with Gasteiger partial charge in [0, 0.05) is 25.3 Å². The molecule has 1 aromatic carbocycles. The summed E-state index contributed by atoms with van der Waals surface area (Å²) in [7, 11) is -3.38. The van der Waals surface area contributed by atoms with Crippen LogP contribution in [0.5, 0.6) is 5.75 Å². The van der Waals surface area contributed by atoms with Gasteiger partial charge in [-0.1, -0.05) is 13.8 Å². The van der Waals surface area contributed by atoms with Crippen LogP contribution < -0.4 is 10.6 Å². The maximum Gasteiger partial charge on any atom is 0.225 e. The minimum atomic E-state index is -3.38. The Labute approximate surface area is 119 Å². The van der Waals surface area contributed by atoms with Gasteiger partial charge in [-0.2, -0.15) is 0 Å². The quantitative estimate of drug-likeness (QED) is 0.684. The molecule has 7 heteroatoms. The molecule has 0 aliphatic heterocycles. The van der Waals surface area contributed by atoms with E-state index in [0.29, 0.717) is 6.54 Å². The first-order valence-electron chi connectivity index (χ1n) is 6.26. The van der Waals surface area contributed by atoms with Crippen molar-refractivity contribution in [2.24, 2.45) is 0 Å². The molecule has 0 aliphatic rings. The maximum atomic E-state index is 11.7. The van der Waals surface area contributed by atoms with Crippen LogP contribution in [0.15, 0.2) is 23.1 Å². The molecule has 0 saturated carbocycles. The molecule has 0 radical (unpaired) electrons. The van der Waals surface area contributed by atoms with Crippen LogP contribution in [0.3, 0.4) is 0 Å². The second kappa shape index (κ2) is 6.71. The lowest BCUT2D eigenvalue weighted by atomic mass is 10.2. The number of carbonyl (C=O) groups is 1. The van der Waals surface area contributed by atoms with Gasteiger partial charge in [0.1, 0.15) is 5.75 Å². The number of phenols is 1. The number of carbonyl (C=O) groups excluding carboxylic acids is 1. The van der Waals surface area contributed by atoms with Crippen molar-refractivity contribution in [3.05, 3.63) is 18.2 Å². The summed E-state index contributed by atoms with van der Waals surface area (Å²) in [5.74, 6) is -0.457. The Kier molecular flexibility index (Phi) is 5.52. The van der Waals surface area contributed by atoms with Crippen molar-refractivity contribution in [1.82, 2.24) is 5.32 Å². The fraction of sp³-hybridized carbons (Fsp3) is 0.462. The average molecular weight is 300 g/mol. The molecule has 0 spiro atoms. The number of rotatable bonds is 6. The fourth-order valence-corrected chi connectivity index (χ4v) is 2.18. The molecule has 0 unspecified atom stereocenters. The van der Waals surface area contributed by atoms with Crippen molar-refractivity contribution >= 4 is 21.4 Å². The number of hydrogen-bond acceptors (Lipinski definition) is 5. The maximum absolute atomic E-state index is 11.7. The summed E-state index contributed by atoms with van der Waals surface area (Å²) in [6.45, 7) is 4.45. The van der Waals surface area contributed by atoms with E-state index in [9.17, 15) is 18.3 Å². The predicted octanol–water partition coefficient (Wildman–Crippen LogP) is 1.12. The van der Waals surface area contributed by atoms with E-state index in [4.69, 9.17) is 0 Å². The lowest BCUT2D eigenvalue weighted by molar-refractivity contribution is -0.116. The summed E-state index contributed by atoms with van der Waals surface area (Å²) >= 11 is 0. The Balaban J connectivity index is 2.74. The SMILES string of the molecule is CC(C)NCCC(=O)Nc1cc(S(C)(=O)=O)ccc1O. The van der Waals surface area contributed by atoms with Crippen LogP contribution in [-0.2, 0) is 14.6 Å². The van der Waals surface area contributed by atoms with E-state index in [2.05, 4.69) is 10.6 Å². The predicted molar refractivity (Wildman–Crippen MR) is 77.6 cm³/mol. The number of phenolic OH excluding ortho intramolecular Hbond substituents is 1. The molecule has 0 aliphatic carbocycles. The third kappa shape index (κ3) is 5.18. The van der Waals surface area contributed by atoms with E-state index in [1.165, 1.54) is 18.2 Å². The zero-order valence-corrected chi connectivity index (χ0v) is 12.6. The van der Waals surface area contributed by atoms with E-state index in [1.54, 1.807) is 0 Å². The topological polar surface area (TPSA) is 95.5 Å². The number of benzene rings is 1. The van der Waals surface area contributed by atoms with Crippen LogP contribution in [0.25, 0.3) is 0 Å². The summed E-state index contributed by atoms with van der Waals surface area (Å²) in [4.78, 5) is 11.7. The van der Waals surface area contributed by atoms with Crippen molar-refractivity contribution in [3.8, 4) is 5.75 Å². The van der Waals surface area contributed by atoms with Crippen LogP contribution in [0.4, 0.5) is 5.69 Å². The molecule has 1 amide bonds. The Morgan fingerprint density at radius 2 is 2.00 bits per heavy atom. The number of amides is 1. The normalized spacial score (nSPS) is 11.6. The van der Waals surface area contributed by atoms with Crippen molar-refractivity contribution < 1.29 is 18.3 Å². The number of anilines is 1. The van der Waals surface area contributed by atoms with E-state index in [0.717, 1.165) is 6.26 Å². The van der Waals surface area contributed by atoms with Crippen molar-refractivity contribution in [1.29, 1.82) is 0 Å². The molecule has 0 bridgehead atoms. The second-order valence-electron chi connectivity index (χ2n) is 4.86. The average Bonchev–Trinajstić information content (AvgIpc) is 2.30. The second-order valence-corrected chi connectivity index (χ2v) is 6.87. The Hall–Kier alpha value is -1.60. The number of hydrogen-bond donors (Lipinski definition) is 3. The van der Waals surface area contributed by atoms with Crippen LogP contribution >= 0.6 is 0 Å². The van der Waals surface area contributed by atoms with Gasteiger partial charge in [0.15, 0.2) is 9.84 Å². The van der Waals surface area contributed by atoms with Crippen LogP contribution in [0.1, 0.15) is 20.3 Å². The van der Waals surface area contributed by atoms with Crippen LogP contribution in [0.2, 0.25) is 0 Å². The number of nitrogens with one attached hydrogen (secondary N) is 2. The largest absolute Gasteiger partial charge is 0.506 e. The Morgan fingerprint density at radius 1 is 1.35 bits per heavy atom. The van der Waals surface area contributed by atoms with E-state index in [-0.39, 0.29) is 34.7 Å². The molecular weight excluding hydrogens is 280 g/mol. The summed E-state index contributed by atoms with van der Waals surface area (Å²) in [6.07, 6.45) is 1.30. The highest BCUT2D eigenvalue weighted by Crippen LogP contribution is 2.26. The minimum Gasteiger partial charge on any atom is -0.506 e. The van der Waals surface area contributed by atoms with Gasteiger partial charge in [0.25, 0.3) is 0 Å². The molecule has 0 atom stereocenters. The van der Waals surface area contributed by atoms with Crippen molar-refractivity contribution in [2.75, 3.05) is 18.1 Å². The van der Waals surface area contributed by atoms with Gasteiger partial charge in [-0.25, -0.2) is 8.42 Å². The third-order valence-electron chi connectivity index (χ3n) is 2.57. The molecule has 6 nitrogen and oxygen atoms in total. The molecule has 0 aromatic heterocycles. The highest BCUT2D eigenvalue weighted by atomic mass is 32.2. The minimum absolute atomic E-state index is 0.0471. The first-order valence-corrected chi connectivity index (χ1v) is 8.15. The molecule has 112 valence electrons. The standard InChI is InChI=1S/C13H20N2O4S/c1-9(2)14-7-6-13(17)15-11-8-10(20(3,18)19)4-5-12(11)16/h4-5,8-9,14,16H,6-7H2,1-3H3,(H,15,17). The van der Waals surface area contributed by atoms with Crippen LogP contribution in [-0.4, -0.2) is 38.3 Å². The first-order chi connectivity index (χ1) is 9.20. The van der Waals surface area contributed by atoms with E-state index >= 15 is 0 Å². The summed E-state index contributed by atoms with van der Waals surface area (Å²) in [5.41, 5.74) is 0.0995. The van der Waals surface area contributed by atoms with Gasteiger partial charge in [-0.15, -0.1) is 0 Å². The summed E-state index contributed by atoms with van der Waals surface area (Å²) in [5, 5.41) is 15.2. The molecule has 1 aromatic rings.